The van der Waals surface area contributed by atoms with Crippen molar-refractivity contribution in [2.24, 2.45) is 0 Å². The maximum atomic E-state index is 12.2. The van der Waals surface area contributed by atoms with Gasteiger partial charge in [-0.3, -0.25) is 0 Å². The first-order valence-electron chi connectivity index (χ1n) is 6.51. The molecule has 9 heteroatoms. The largest absolute Gasteiger partial charge is 0.310 e. The van der Waals surface area contributed by atoms with Crippen LogP contribution in [0.4, 0.5) is 0 Å². The van der Waals surface area contributed by atoms with Gasteiger partial charge in [0.15, 0.2) is 5.82 Å². The van der Waals surface area contributed by atoms with Gasteiger partial charge in [-0.05, 0) is 17.7 Å². The molecule has 8 nitrogen and oxygen atoms in total. The van der Waals surface area contributed by atoms with Gasteiger partial charge in [-0.25, -0.2) is 13.1 Å². The van der Waals surface area contributed by atoms with Gasteiger partial charge < -0.3 is 5.32 Å². The number of nitrogens with one attached hydrogen (secondary N) is 3. The first-order chi connectivity index (χ1) is 9.97. The predicted octanol–water partition coefficient (Wildman–Crippen LogP) is 0.176. The summed E-state index contributed by atoms with van der Waals surface area (Å²) in [6, 6.07) is 7.14. The van der Waals surface area contributed by atoms with Crippen LogP contribution in [0.3, 0.4) is 0 Å². The zero-order valence-electron chi connectivity index (χ0n) is 11.9. The molecule has 0 radical (unpaired) electrons. The van der Waals surface area contributed by atoms with E-state index in [1.165, 1.54) is 0 Å². The molecule has 0 aliphatic carbocycles. The highest BCUT2D eigenvalue weighted by Crippen LogP contribution is 2.12. The highest BCUT2D eigenvalue weighted by molar-refractivity contribution is 7.89. The summed E-state index contributed by atoms with van der Waals surface area (Å²) in [6.45, 7) is 4.68. The molecule has 3 N–H and O–H groups in total. The molecule has 0 atom stereocenters. The third kappa shape index (κ3) is 4.59. The van der Waals surface area contributed by atoms with Gasteiger partial charge in [0.2, 0.25) is 10.0 Å². The summed E-state index contributed by atoms with van der Waals surface area (Å²) < 4.78 is 26.8. The van der Waals surface area contributed by atoms with E-state index in [0.29, 0.717) is 12.6 Å². The van der Waals surface area contributed by atoms with Gasteiger partial charge in [-0.2, -0.15) is 5.21 Å². The Bertz CT molecular complexity index is 669. The molecule has 0 spiro atoms. The third-order valence-electron chi connectivity index (χ3n) is 2.73. The quantitative estimate of drug-likeness (QED) is 0.672. The van der Waals surface area contributed by atoms with E-state index in [1.54, 1.807) is 18.2 Å². The maximum Gasteiger partial charge on any atom is 0.240 e. The molecule has 0 unspecified atom stereocenters. The lowest BCUT2D eigenvalue weighted by molar-refractivity contribution is 0.577. The van der Waals surface area contributed by atoms with E-state index in [4.69, 9.17) is 0 Å². The normalized spacial score (nSPS) is 12.0. The van der Waals surface area contributed by atoms with Crippen molar-refractivity contribution in [1.29, 1.82) is 0 Å². The Morgan fingerprint density at radius 1 is 1.29 bits per heavy atom. The van der Waals surface area contributed by atoms with E-state index in [1.807, 2.05) is 19.9 Å². The smallest absolute Gasteiger partial charge is 0.240 e. The molecule has 0 saturated heterocycles. The van der Waals surface area contributed by atoms with E-state index in [-0.39, 0.29) is 17.3 Å². The van der Waals surface area contributed by atoms with Crippen molar-refractivity contribution >= 4 is 10.0 Å². The molecule has 0 saturated carbocycles. The van der Waals surface area contributed by atoms with Crippen molar-refractivity contribution in [2.75, 3.05) is 0 Å². The van der Waals surface area contributed by atoms with Crippen molar-refractivity contribution < 1.29 is 8.42 Å². The Morgan fingerprint density at radius 3 is 2.76 bits per heavy atom. The first-order valence-corrected chi connectivity index (χ1v) is 8.00. The molecule has 2 aromatic rings. The Hall–Kier alpha value is -1.84. The molecule has 0 aliphatic rings. The second-order valence-electron chi connectivity index (χ2n) is 4.84. The molecule has 0 amide bonds. The molecule has 114 valence electrons. The SMILES string of the molecule is CC(C)NCc1cccc(S(=O)(=O)NCc2nn[nH]n2)c1. The second kappa shape index (κ2) is 6.74. The lowest BCUT2D eigenvalue weighted by Gasteiger charge is -2.10. The molecule has 2 rings (SSSR count). The number of H-pyrrole nitrogens is 1. The lowest BCUT2D eigenvalue weighted by Crippen LogP contribution is -2.25. The van der Waals surface area contributed by atoms with Crippen molar-refractivity contribution in [3.05, 3.63) is 35.7 Å². The summed E-state index contributed by atoms with van der Waals surface area (Å²) >= 11 is 0. The van der Waals surface area contributed by atoms with Crippen LogP contribution < -0.4 is 10.0 Å². The standard InChI is InChI=1S/C12H18N6O2S/c1-9(2)13-7-10-4-3-5-11(6-10)21(19,20)14-8-12-15-17-18-16-12/h3-6,9,13-14H,7-8H2,1-2H3,(H,15,16,17,18). The van der Waals surface area contributed by atoms with Gasteiger partial charge in [0.25, 0.3) is 0 Å². The maximum absolute atomic E-state index is 12.2. The van der Waals surface area contributed by atoms with Crippen LogP contribution in [0, 0.1) is 0 Å². The van der Waals surface area contributed by atoms with Gasteiger partial charge in [-0.15, -0.1) is 10.2 Å². The highest BCUT2D eigenvalue weighted by Gasteiger charge is 2.15. The number of aromatic nitrogens is 4. The zero-order valence-corrected chi connectivity index (χ0v) is 12.7. The summed E-state index contributed by atoms with van der Waals surface area (Å²) in [7, 11) is -3.60. The van der Waals surface area contributed by atoms with Crippen molar-refractivity contribution in [3.63, 3.8) is 0 Å². The monoisotopic (exact) mass is 310 g/mol. The van der Waals surface area contributed by atoms with Crippen LogP contribution in [-0.4, -0.2) is 35.1 Å². The Kier molecular flexibility index (Phi) is 4.99. The summed E-state index contributed by atoms with van der Waals surface area (Å²) in [5.41, 5.74) is 0.908. The first kappa shape index (κ1) is 15.5. The molecule has 0 aliphatic heterocycles. The fourth-order valence-corrected chi connectivity index (χ4v) is 2.69. The van der Waals surface area contributed by atoms with Gasteiger partial charge in [-0.1, -0.05) is 31.2 Å². The van der Waals surface area contributed by atoms with Crippen molar-refractivity contribution in [3.8, 4) is 0 Å². The number of tetrazole rings is 1. The number of sulfonamides is 1. The van der Waals surface area contributed by atoms with Crippen LogP contribution in [0.15, 0.2) is 29.2 Å². The van der Waals surface area contributed by atoms with E-state index >= 15 is 0 Å². The molecule has 1 aromatic heterocycles. The summed E-state index contributed by atoms with van der Waals surface area (Å²) in [5, 5.41) is 16.3. The Balaban J connectivity index is 2.06. The number of rotatable bonds is 7. The number of nitrogens with zero attached hydrogens (tertiary/aromatic N) is 3. The van der Waals surface area contributed by atoms with Crippen LogP contribution in [0.1, 0.15) is 25.2 Å². The zero-order chi connectivity index (χ0) is 15.3. The van der Waals surface area contributed by atoms with E-state index in [0.717, 1.165) is 5.56 Å². The number of hydrogen-bond donors (Lipinski definition) is 3. The molecular formula is C12H18N6O2S. The summed E-state index contributed by atoms with van der Waals surface area (Å²) in [6.07, 6.45) is 0. The average Bonchev–Trinajstić information content (AvgIpc) is 2.97. The van der Waals surface area contributed by atoms with E-state index in [9.17, 15) is 8.42 Å². The van der Waals surface area contributed by atoms with Crippen LogP contribution >= 0.6 is 0 Å². The fraction of sp³-hybridized carbons (Fsp3) is 0.417. The summed E-state index contributed by atoms with van der Waals surface area (Å²) in [4.78, 5) is 0.217. The highest BCUT2D eigenvalue weighted by atomic mass is 32.2. The predicted molar refractivity (Wildman–Crippen MR) is 76.6 cm³/mol. The summed E-state index contributed by atoms with van der Waals surface area (Å²) in [5.74, 6) is 0.288. The van der Waals surface area contributed by atoms with Crippen molar-refractivity contribution in [2.45, 2.75) is 37.9 Å². The van der Waals surface area contributed by atoms with Crippen LogP contribution in [0.25, 0.3) is 0 Å². The molecule has 1 heterocycles. The topological polar surface area (TPSA) is 113 Å². The van der Waals surface area contributed by atoms with Crippen LogP contribution in [0.5, 0.6) is 0 Å². The molecular weight excluding hydrogens is 292 g/mol. The molecule has 1 aromatic carbocycles. The van der Waals surface area contributed by atoms with Crippen LogP contribution in [-0.2, 0) is 23.1 Å². The van der Waals surface area contributed by atoms with Gasteiger partial charge >= 0.3 is 0 Å². The number of benzene rings is 1. The second-order valence-corrected chi connectivity index (χ2v) is 6.60. The molecule has 0 fully saturated rings. The van der Waals surface area contributed by atoms with Gasteiger partial charge in [0, 0.05) is 12.6 Å². The van der Waals surface area contributed by atoms with Crippen LogP contribution in [0.2, 0.25) is 0 Å². The van der Waals surface area contributed by atoms with E-state index in [2.05, 4.69) is 30.7 Å². The molecule has 0 bridgehead atoms. The fourth-order valence-electron chi connectivity index (χ4n) is 1.64. The minimum atomic E-state index is -3.60. The van der Waals surface area contributed by atoms with Gasteiger partial charge in [0.05, 0.1) is 11.4 Å². The Labute approximate surface area is 123 Å². The van der Waals surface area contributed by atoms with Crippen molar-refractivity contribution in [1.82, 2.24) is 30.7 Å². The Morgan fingerprint density at radius 2 is 2.10 bits per heavy atom. The lowest BCUT2D eigenvalue weighted by atomic mass is 10.2. The van der Waals surface area contributed by atoms with E-state index < -0.39 is 10.0 Å². The number of aromatic amines is 1. The van der Waals surface area contributed by atoms with Gasteiger partial charge in [0.1, 0.15) is 0 Å². The minimum Gasteiger partial charge on any atom is -0.310 e. The molecule has 21 heavy (non-hydrogen) atoms. The minimum absolute atomic E-state index is 0.00664. The average molecular weight is 310 g/mol. The number of hydrogen-bond acceptors (Lipinski definition) is 6. The third-order valence-corrected chi connectivity index (χ3v) is 4.13.